The molecule has 1 atom stereocenters. The van der Waals surface area contributed by atoms with Gasteiger partial charge in [0.2, 0.25) is 5.89 Å². The maximum absolute atomic E-state index is 12.6. The van der Waals surface area contributed by atoms with E-state index in [0.717, 1.165) is 11.1 Å². The zero-order valence-corrected chi connectivity index (χ0v) is 14.4. The molecule has 1 saturated heterocycles. The summed E-state index contributed by atoms with van der Waals surface area (Å²) >= 11 is 0. The molecule has 0 saturated carbocycles. The number of amides is 1. The van der Waals surface area contributed by atoms with Gasteiger partial charge in [0.1, 0.15) is 0 Å². The largest absolute Gasteiger partial charge is 0.412 e. The van der Waals surface area contributed by atoms with Gasteiger partial charge in [0.25, 0.3) is 0 Å². The number of aryl methyl sites for hydroxylation is 1. The van der Waals surface area contributed by atoms with Crippen LogP contribution in [0.15, 0.2) is 28.7 Å². The molecule has 0 radical (unpaired) electrons. The van der Waals surface area contributed by atoms with E-state index in [2.05, 4.69) is 10.2 Å². The fourth-order valence-corrected chi connectivity index (χ4v) is 4.56. The second-order valence-electron chi connectivity index (χ2n) is 5.93. The fraction of sp³-hybridized carbons (Fsp3) is 0.438. The molecule has 1 unspecified atom stereocenters. The van der Waals surface area contributed by atoms with Crippen molar-refractivity contribution in [3.05, 3.63) is 35.7 Å². The second-order valence-corrected chi connectivity index (χ2v) is 8.16. The number of hydrogen-bond acceptors (Lipinski definition) is 6. The molecule has 0 N–H and O–H groups in total. The number of nitrogens with zero attached hydrogens (tertiary/aromatic N) is 3. The van der Waals surface area contributed by atoms with Gasteiger partial charge in [-0.1, -0.05) is 17.7 Å². The summed E-state index contributed by atoms with van der Waals surface area (Å²) in [6.07, 6.45) is 0.445. The predicted molar refractivity (Wildman–Crippen MR) is 88.2 cm³/mol. The van der Waals surface area contributed by atoms with E-state index in [1.165, 1.54) is 4.90 Å². The smallest absolute Gasteiger partial charge is 0.311 e. The molecule has 0 spiro atoms. The van der Waals surface area contributed by atoms with E-state index >= 15 is 0 Å². The van der Waals surface area contributed by atoms with E-state index in [1.54, 1.807) is 6.92 Å². The average Bonchev–Trinajstić information content (AvgIpc) is 3.16. The Kier molecular flexibility index (Phi) is 4.40. The molecule has 0 aliphatic carbocycles. The number of carbonyl (C=O) groups is 1. The van der Waals surface area contributed by atoms with Crippen molar-refractivity contribution >= 4 is 15.7 Å². The monoisotopic (exact) mass is 349 g/mol. The van der Waals surface area contributed by atoms with Crippen molar-refractivity contribution in [2.45, 2.75) is 26.3 Å². The molecule has 1 fully saturated rings. The third-order valence-corrected chi connectivity index (χ3v) is 5.91. The highest BCUT2D eigenvalue weighted by Gasteiger charge is 2.35. The lowest BCUT2D eigenvalue weighted by atomic mass is 10.1. The van der Waals surface area contributed by atoms with Crippen LogP contribution < -0.4 is 0 Å². The summed E-state index contributed by atoms with van der Waals surface area (Å²) in [7, 11) is -3.07. The van der Waals surface area contributed by atoms with Crippen LogP contribution in [0.3, 0.4) is 0 Å². The van der Waals surface area contributed by atoms with E-state index in [9.17, 15) is 13.2 Å². The fourth-order valence-electron chi connectivity index (χ4n) is 2.83. The molecule has 2 aromatic rings. The summed E-state index contributed by atoms with van der Waals surface area (Å²) in [5, 5.41) is 7.76. The molecule has 1 amide bonds. The maximum Gasteiger partial charge on any atom is 0.311 e. The Balaban J connectivity index is 1.80. The molecule has 1 aliphatic rings. The molecule has 1 aromatic heterocycles. The van der Waals surface area contributed by atoms with Crippen LogP contribution in [0.2, 0.25) is 0 Å². The van der Waals surface area contributed by atoms with Crippen molar-refractivity contribution in [2.75, 3.05) is 18.1 Å². The van der Waals surface area contributed by atoms with Crippen molar-refractivity contribution in [1.29, 1.82) is 0 Å². The molecular weight excluding hydrogens is 330 g/mol. The normalized spacial score (nSPS) is 19.3. The maximum atomic E-state index is 12.6. The van der Waals surface area contributed by atoms with Gasteiger partial charge < -0.3 is 9.32 Å². The minimum atomic E-state index is -3.07. The van der Waals surface area contributed by atoms with Crippen molar-refractivity contribution in [3.8, 4) is 11.5 Å². The highest BCUT2D eigenvalue weighted by Crippen LogP contribution is 2.22. The number of benzene rings is 1. The van der Waals surface area contributed by atoms with E-state index in [-0.39, 0.29) is 29.3 Å². The summed E-state index contributed by atoms with van der Waals surface area (Å²) in [6, 6.07) is 7.20. The highest BCUT2D eigenvalue weighted by atomic mass is 32.2. The van der Waals surface area contributed by atoms with Crippen LogP contribution in [0.1, 0.15) is 29.6 Å². The van der Waals surface area contributed by atoms with Gasteiger partial charge in [0.15, 0.2) is 9.84 Å². The number of hydrogen-bond donors (Lipinski definition) is 0. The molecule has 1 aromatic carbocycles. The Morgan fingerprint density at radius 1 is 1.29 bits per heavy atom. The summed E-state index contributed by atoms with van der Waals surface area (Å²) in [4.78, 5) is 14.1. The van der Waals surface area contributed by atoms with Crippen LogP contribution in [-0.2, 0) is 9.84 Å². The van der Waals surface area contributed by atoms with Crippen molar-refractivity contribution in [3.63, 3.8) is 0 Å². The lowest BCUT2D eigenvalue weighted by Crippen LogP contribution is -2.41. The zero-order chi connectivity index (χ0) is 17.3. The molecule has 1 aliphatic heterocycles. The van der Waals surface area contributed by atoms with Crippen LogP contribution in [0.25, 0.3) is 11.5 Å². The van der Waals surface area contributed by atoms with Gasteiger partial charge in [-0.15, -0.1) is 10.2 Å². The van der Waals surface area contributed by atoms with Crippen molar-refractivity contribution < 1.29 is 17.6 Å². The summed E-state index contributed by atoms with van der Waals surface area (Å²) in [5.74, 6) is -0.165. The third-order valence-electron chi connectivity index (χ3n) is 4.16. The van der Waals surface area contributed by atoms with Crippen molar-refractivity contribution in [1.82, 2.24) is 15.1 Å². The second kappa shape index (κ2) is 6.35. The number of rotatable bonds is 4. The van der Waals surface area contributed by atoms with Gasteiger partial charge in [-0.05, 0) is 32.4 Å². The third kappa shape index (κ3) is 3.33. The summed E-state index contributed by atoms with van der Waals surface area (Å²) in [6.45, 7) is 4.17. The van der Waals surface area contributed by atoms with Crippen LogP contribution in [0, 0.1) is 6.92 Å². The average molecular weight is 349 g/mol. The Labute approximate surface area is 140 Å². The van der Waals surface area contributed by atoms with E-state index in [4.69, 9.17) is 4.42 Å². The summed E-state index contributed by atoms with van der Waals surface area (Å²) < 4.78 is 28.8. The van der Waals surface area contributed by atoms with E-state index in [1.807, 2.05) is 31.2 Å². The first-order valence-electron chi connectivity index (χ1n) is 7.81. The zero-order valence-electron chi connectivity index (χ0n) is 13.6. The summed E-state index contributed by atoms with van der Waals surface area (Å²) in [5.41, 5.74) is 1.84. The predicted octanol–water partition coefficient (Wildman–Crippen LogP) is 1.69. The number of sulfone groups is 1. The molecule has 24 heavy (non-hydrogen) atoms. The SMILES string of the molecule is CCN(C(=O)c1nnc(-c2ccc(C)cc2)o1)C1CCS(=O)(=O)C1. The van der Waals surface area contributed by atoms with E-state index in [0.29, 0.717) is 13.0 Å². The van der Waals surface area contributed by atoms with Crippen LogP contribution in [0.4, 0.5) is 0 Å². The standard InChI is InChI=1S/C16H19N3O4S/c1-3-19(13-8-9-24(21,22)10-13)16(20)15-18-17-14(23-15)12-6-4-11(2)5-7-12/h4-7,13H,3,8-10H2,1-2H3. The van der Waals surface area contributed by atoms with Crippen molar-refractivity contribution in [2.24, 2.45) is 0 Å². The number of aromatic nitrogens is 2. The molecule has 8 heteroatoms. The van der Waals surface area contributed by atoms with Crippen LogP contribution in [-0.4, -0.2) is 53.5 Å². The van der Waals surface area contributed by atoms with E-state index < -0.39 is 15.7 Å². The van der Waals surface area contributed by atoms with Gasteiger partial charge in [-0.25, -0.2) is 8.42 Å². The minimum Gasteiger partial charge on any atom is -0.412 e. The van der Waals surface area contributed by atoms with Gasteiger partial charge >= 0.3 is 11.8 Å². The van der Waals surface area contributed by atoms with Gasteiger partial charge in [0.05, 0.1) is 11.5 Å². The van der Waals surface area contributed by atoms with Gasteiger partial charge in [0, 0.05) is 18.2 Å². The van der Waals surface area contributed by atoms with Crippen LogP contribution >= 0.6 is 0 Å². The molecule has 128 valence electrons. The first-order valence-corrected chi connectivity index (χ1v) is 9.63. The minimum absolute atomic E-state index is 0.00840. The van der Waals surface area contributed by atoms with Gasteiger partial charge in [-0.3, -0.25) is 4.79 Å². The Morgan fingerprint density at radius 2 is 2.00 bits per heavy atom. The van der Waals surface area contributed by atoms with Gasteiger partial charge in [-0.2, -0.15) is 0 Å². The number of carbonyl (C=O) groups excluding carboxylic acids is 1. The Morgan fingerprint density at radius 3 is 2.58 bits per heavy atom. The molecule has 0 bridgehead atoms. The Hall–Kier alpha value is -2.22. The quantitative estimate of drug-likeness (QED) is 0.834. The lowest BCUT2D eigenvalue weighted by molar-refractivity contribution is 0.0668. The molecule has 2 heterocycles. The Bertz CT molecular complexity index is 842. The lowest BCUT2D eigenvalue weighted by Gasteiger charge is -2.25. The molecule has 3 rings (SSSR count). The topological polar surface area (TPSA) is 93.4 Å². The highest BCUT2D eigenvalue weighted by molar-refractivity contribution is 7.91. The molecule has 7 nitrogen and oxygen atoms in total. The first kappa shape index (κ1) is 16.6. The molecular formula is C16H19N3O4S. The van der Waals surface area contributed by atoms with Crippen LogP contribution in [0.5, 0.6) is 0 Å². The first-order chi connectivity index (χ1) is 11.4.